The molecule has 0 amide bonds. The number of benzene rings is 3. The fourth-order valence-electron chi connectivity index (χ4n) is 5.14. The molecule has 206 valence electrons. The van der Waals surface area contributed by atoms with Gasteiger partial charge in [0.25, 0.3) is 0 Å². The summed E-state index contributed by atoms with van der Waals surface area (Å²) in [6.07, 6.45) is 1.69. The van der Waals surface area contributed by atoms with E-state index < -0.39 is 18.3 Å². The number of halogens is 1. The molecule has 0 radical (unpaired) electrons. The Morgan fingerprint density at radius 2 is 1.26 bits per heavy atom. The fourth-order valence-corrected chi connectivity index (χ4v) is 5.14. The van der Waals surface area contributed by atoms with Gasteiger partial charge in [0.15, 0.2) is 17.7 Å². The van der Waals surface area contributed by atoms with Gasteiger partial charge in [-0.2, -0.15) is 0 Å². The third-order valence-electron chi connectivity index (χ3n) is 7.23. The topological polar surface area (TPSA) is 40.2 Å². The minimum absolute atomic E-state index is 0.226. The highest BCUT2D eigenvalue weighted by Crippen LogP contribution is 2.34. The summed E-state index contributed by atoms with van der Waals surface area (Å²) in [6.45, 7) is 3.43. The Labute approximate surface area is 231 Å². The van der Waals surface area contributed by atoms with E-state index in [4.69, 9.17) is 18.9 Å². The molecule has 6 heteroatoms. The van der Waals surface area contributed by atoms with Crippen molar-refractivity contribution < 1.29 is 23.3 Å². The highest BCUT2D eigenvalue weighted by atomic mass is 19.1. The lowest BCUT2D eigenvalue weighted by atomic mass is 10.1. The van der Waals surface area contributed by atoms with Crippen LogP contribution in [0.15, 0.2) is 103 Å². The van der Waals surface area contributed by atoms with Gasteiger partial charge in [0.1, 0.15) is 12.2 Å². The van der Waals surface area contributed by atoms with E-state index in [9.17, 15) is 0 Å². The average Bonchev–Trinajstić information content (AvgIpc) is 3.34. The number of hydrogen-bond donors (Lipinski definition) is 0. The highest BCUT2D eigenvalue weighted by molar-refractivity contribution is 5.20. The number of hydrogen-bond acceptors (Lipinski definition) is 5. The molecule has 0 bridgehead atoms. The van der Waals surface area contributed by atoms with E-state index in [1.807, 2.05) is 91.0 Å². The van der Waals surface area contributed by atoms with Crippen LogP contribution < -0.4 is 0 Å². The van der Waals surface area contributed by atoms with Crippen molar-refractivity contribution in [3.8, 4) is 0 Å². The lowest BCUT2D eigenvalue weighted by Crippen LogP contribution is -2.37. The summed E-state index contributed by atoms with van der Waals surface area (Å²) in [7, 11) is 0. The van der Waals surface area contributed by atoms with Crippen molar-refractivity contribution >= 4 is 0 Å². The number of ether oxygens (including phenoxy) is 4. The van der Waals surface area contributed by atoms with Crippen LogP contribution in [0, 0.1) is 0 Å². The zero-order valence-electron chi connectivity index (χ0n) is 22.4. The average molecular weight is 532 g/mol. The first kappa shape index (κ1) is 27.5. The molecule has 0 saturated carbocycles. The molecule has 2 aliphatic heterocycles. The quantitative estimate of drug-likeness (QED) is 0.269. The Bertz CT molecular complexity index is 1150. The van der Waals surface area contributed by atoms with Crippen LogP contribution >= 0.6 is 0 Å². The van der Waals surface area contributed by atoms with E-state index in [-0.39, 0.29) is 24.7 Å². The smallest absolute Gasteiger partial charge is 0.161 e. The molecule has 0 aromatic heterocycles. The van der Waals surface area contributed by atoms with E-state index >= 15 is 4.39 Å². The van der Waals surface area contributed by atoms with Gasteiger partial charge in [0.05, 0.1) is 33.0 Å². The molecular weight excluding hydrogens is 493 g/mol. The Morgan fingerprint density at radius 3 is 1.85 bits per heavy atom. The second kappa shape index (κ2) is 14.4. The van der Waals surface area contributed by atoms with E-state index in [1.165, 1.54) is 6.42 Å². The molecule has 3 atom stereocenters. The standard InChI is InChI=1S/C33H38FNO4/c34-29(21-35-19-11-4-12-20-35)31-33(38-24-28-17-9-3-10-18-28)32(37-23-27-15-7-2-8-16-27)30(39-31)25-36-22-26-13-5-1-6-14-26/h1-3,5-10,13-18,30,32-33H,4,11-12,19-25H2/b31-29+/t30-,32-,33-/m1/s1. The fraction of sp³-hybridized carbons (Fsp3) is 0.394. The van der Waals surface area contributed by atoms with Crippen molar-refractivity contribution in [2.24, 2.45) is 0 Å². The van der Waals surface area contributed by atoms with Gasteiger partial charge >= 0.3 is 0 Å². The summed E-state index contributed by atoms with van der Waals surface area (Å²) in [5.41, 5.74) is 3.12. The van der Waals surface area contributed by atoms with Crippen LogP contribution in [0.4, 0.5) is 4.39 Å². The van der Waals surface area contributed by atoms with Gasteiger partial charge in [-0.15, -0.1) is 0 Å². The maximum absolute atomic E-state index is 15.9. The van der Waals surface area contributed by atoms with E-state index in [1.54, 1.807) is 0 Å². The van der Waals surface area contributed by atoms with E-state index in [2.05, 4.69) is 4.90 Å². The van der Waals surface area contributed by atoms with Gasteiger partial charge in [-0.25, -0.2) is 4.39 Å². The van der Waals surface area contributed by atoms with Gasteiger partial charge in [-0.1, -0.05) is 97.4 Å². The summed E-state index contributed by atoms with van der Waals surface area (Å²) in [6, 6.07) is 29.9. The van der Waals surface area contributed by atoms with E-state index in [0.29, 0.717) is 19.8 Å². The molecule has 0 spiro atoms. The van der Waals surface area contributed by atoms with Crippen molar-refractivity contribution in [3.63, 3.8) is 0 Å². The number of rotatable bonds is 12. The summed E-state index contributed by atoms with van der Waals surface area (Å²) < 4.78 is 41.1. The molecule has 2 aliphatic rings. The first-order valence-corrected chi connectivity index (χ1v) is 14.0. The predicted octanol–water partition coefficient (Wildman–Crippen LogP) is 6.44. The maximum Gasteiger partial charge on any atom is 0.161 e. The molecule has 0 N–H and O–H groups in total. The van der Waals surface area contributed by atoms with Gasteiger partial charge in [0.2, 0.25) is 0 Å². The molecule has 0 unspecified atom stereocenters. The summed E-state index contributed by atoms with van der Waals surface area (Å²) >= 11 is 0. The second-order valence-corrected chi connectivity index (χ2v) is 10.2. The Morgan fingerprint density at radius 1 is 0.718 bits per heavy atom. The van der Waals surface area contributed by atoms with Gasteiger partial charge < -0.3 is 18.9 Å². The molecule has 3 aromatic carbocycles. The lowest BCUT2D eigenvalue weighted by Gasteiger charge is -2.26. The van der Waals surface area contributed by atoms with Crippen LogP contribution in [0.2, 0.25) is 0 Å². The van der Waals surface area contributed by atoms with Crippen molar-refractivity contribution in [1.82, 2.24) is 4.90 Å². The molecule has 2 fully saturated rings. The van der Waals surface area contributed by atoms with Gasteiger partial charge in [0, 0.05) is 0 Å². The number of nitrogens with zero attached hydrogens (tertiary/aromatic N) is 1. The van der Waals surface area contributed by atoms with Crippen molar-refractivity contribution in [2.75, 3.05) is 26.2 Å². The summed E-state index contributed by atoms with van der Waals surface area (Å²) in [4.78, 5) is 2.16. The zero-order valence-corrected chi connectivity index (χ0v) is 22.4. The number of likely N-dealkylation sites (tertiary alicyclic amines) is 1. The Hall–Kier alpha value is -3.03. The largest absolute Gasteiger partial charge is 0.484 e. The lowest BCUT2D eigenvalue weighted by molar-refractivity contribution is -0.0894. The molecule has 2 heterocycles. The minimum Gasteiger partial charge on any atom is -0.484 e. The summed E-state index contributed by atoms with van der Waals surface area (Å²) in [5, 5.41) is 0. The van der Waals surface area contributed by atoms with Crippen LogP contribution in [0.3, 0.4) is 0 Å². The summed E-state index contributed by atoms with van der Waals surface area (Å²) in [5.74, 6) is -0.0447. The minimum atomic E-state index is -0.677. The third kappa shape index (κ3) is 7.99. The molecule has 0 aliphatic carbocycles. The first-order valence-electron chi connectivity index (χ1n) is 14.0. The molecule has 39 heavy (non-hydrogen) atoms. The normalized spacial score (nSPS) is 22.9. The van der Waals surface area contributed by atoms with Gasteiger partial charge in [-0.3, -0.25) is 4.90 Å². The van der Waals surface area contributed by atoms with Crippen LogP contribution in [0.1, 0.15) is 36.0 Å². The Balaban J connectivity index is 1.36. The molecule has 3 aromatic rings. The van der Waals surface area contributed by atoms with Crippen LogP contribution in [0.25, 0.3) is 0 Å². The molecule has 5 nitrogen and oxygen atoms in total. The van der Waals surface area contributed by atoms with Crippen molar-refractivity contribution in [1.29, 1.82) is 0 Å². The highest BCUT2D eigenvalue weighted by Gasteiger charge is 2.46. The van der Waals surface area contributed by atoms with Crippen molar-refractivity contribution in [3.05, 3.63) is 119 Å². The SMILES string of the molecule is F/C(CN1CCCCC1)=C1/O[C@H](COCc2ccccc2)[C@@H](OCc2ccccc2)[C@@H]1OCc1ccccc1. The first-order chi connectivity index (χ1) is 19.3. The van der Waals surface area contributed by atoms with Crippen molar-refractivity contribution in [2.45, 2.75) is 57.4 Å². The Kier molecular flexibility index (Phi) is 10.2. The molecule has 5 rings (SSSR count). The maximum atomic E-state index is 15.9. The second-order valence-electron chi connectivity index (χ2n) is 10.2. The predicted molar refractivity (Wildman–Crippen MR) is 149 cm³/mol. The van der Waals surface area contributed by atoms with Crippen LogP contribution in [-0.4, -0.2) is 49.5 Å². The van der Waals surface area contributed by atoms with Crippen LogP contribution in [-0.2, 0) is 38.8 Å². The van der Waals surface area contributed by atoms with Crippen LogP contribution in [0.5, 0.6) is 0 Å². The zero-order chi connectivity index (χ0) is 26.7. The van der Waals surface area contributed by atoms with Gasteiger partial charge in [-0.05, 0) is 42.6 Å². The third-order valence-corrected chi connectivity index (χ3v) is 7.23. The number of piperidine rings is 1. The molecule has 2 saturated heterocycles. The van der Waals surface area contributed by atoms with E-state index in [0.717, 1.165) is 42.6 Å². The molecular formula is C33H38FNO4. The monoisotopic (exact) mass is 531 g/mol.